The van der Waals surface area contributed by atoms with Crippen molar-refractivity contribution in [2.24, 2.45) is 5.92 Å². The number of ether oxygens (including phenoxy) is 2. The molecule has 2 aromatic carbocycles. The molecule has 1 aliphatic rings. The molecule has 3 nitrogen and oxygen atoms in total. The minimum absolute atomic E-state index is 0.201. The lowest BCUT2D eigenvalue weighted by atomic mass is 9.81. The van der Waals surface area contributed by atoms with Gasteiger partial charge in [0.15, 0.2) is 17.3 Å². The summed E-state index contributed by atoms with van der Waals surface area (Å²) in [7, 11) is 1.52. The molecular formula is C19H22FNO2. The number of hydrogen-bond acceptors (Lipinski definition) is 3. The van der Waals surface area contributed by atoms with Crippen LogP contribution in [0.4, 0.5) is 4.39 Å². The number of hydrogen-bond donors (Lipinski definition) is 1. The lowest BCUT2D eigenvalue weighted by molar-refractivity contribution is 0.185. The zero-order valence-electron chi connectivity index (χ0n) is 13.3. The van der Waals surface area contributed by atoms with Gasteiger partial charge in [0.25, 0.3) is 0 Å². The highest BCUT2D eigenvalue weighted by Crippen LogP contribution is 2.34. The Morgan fingerprint density at radius 2 is 1.96 bits per heavy atom. The normalized spacial score (nSPS) is 21.0. The van der Waals surface area contributed by atoms with Gasteiger partial charge in [0.1, 0.15) is 0 Å². The Bertz CT molecular complexity index is 633. The maximum Gasteiger partial charge on any atom is 0.197 e. The molecule has 0 unspecified atom stereocenters. The first kappa shape index (κ1) is 15.8. The van der Waals surface area contributed by atoms with Crippen LogP contribution in [0, 0.1) is 11.7 Å². The van der Waals surface area contributed by atoms with Crippen molar-refractivity contribution in [1.82, 2.24) is 5.32 Å². The molecule has 0 amide bonds. The third kappa shape index (κ3) is 3.64. The summed E-state index contributed by atoms with van der Waals surface area (Å²) in [5.74, 6) is 0.979. The lowest BCUT2D eigenvalue weighted by Crippen LogP contribution is -2.38. The van der Waals surface area contributed by atoms with Gasteiger partial charge in [-0.25, -0.2) is 4.39 Å². The van der Waals surface area contributed by atoms with Crippen LogP contribution in [0.5, 0.6) is 11.5 Å². The fraction of sp³-hybridized carbons (Fsp3) is 0.368. The van der Waals surface area contributed by atoms with E-state index in [-0.39, 0.29) is 11.6 Å². The van der Waals surface area contributed by atoms with Gasteiger partial charge < -0.3 is 14.8 Å². The van der Waals surface area contributed by atoms with Crippen molar-refractivity contribution in [2.75, 3.05) is 26.8 Å². The number of para-hydroxylation sites is 1. The SMILES string of the molecule is COc1cccc(F)c1OC[C@@H]1CNCC[C@H]1c1ccccc1. The van der Waals surface area contributed by atoms with E-state index in [9.17, 15) is 4.39 Å². The van der Waals surface area contributed by atoms with Crippen molar-refractivity contribution < 1.29 is 13.9 Å². The molecule has 1 aliphatic heterocycles. The van der Waals surface area contributed by atoms with Crippen LogP contribution in [-0.4, -0.2) is 26.8 Å². The Balaban J connectivity index is 1.73. The highest BCUT2D eigenvalue weighted by molar-refractivity contribution is 5.40. The molecule has 2 atom stereocenters. The predicted molar refractivity (Wildman–Crippen MR) is 88.6 cm³/mol. The van der Waals surface area contributed by atoms with Crippen LogP contribution in [-0.2, 0) is 0 Å². The molecule has 1 N–H and O–H groups in total. The minimum Gasteiger partial charge on any atom is -0.493 e. The van der Waals surface area contributed by atoms with Crippen molar-refractivity contribution >= 4 is 0 Å². The molecule has 23 heavy (non-hydrogen) atoms. The number of benzene rings is 2. The Labute approximate surface area is 136 Å². The molecule has 0 radical (unpaired) electrons. The second kappa shape index (κ2) is 7.47. The zero-order valence-corrected chi connectivity index (χ0v) is 13.3. The Kier molecular flexibility index (Phi) is 5.13. The van der Waals surface area contributed by atoms with Crippen LogP contribution < -0.4 is 14.8 Å². The van der Waals surface area contributed by atoms with Crippen LogP contribution in [0.25, 0.3) is 0 Å². The van der Waals surface area contributed by atoms with Crippen LogP contribution in [0.1, 0.15) is 17.9 Å². The summed E-state index contributed by atoms with van der Waals surface area (Å²) in [6.45, 7) is 2.33. The minimum atomic E-state index is -0.385. The summed E-state index contributed by atoms with van der Waals surface area (Å²) in [4.78, 5) is 0. The lowest BCUT2D eigenvalue weighted by Gasteiger charge is -2.32. The molecule has 4 heteroatoms. The van der Waals surface area contributed by atoms with Crippen LogP contribution in [0.2, 0.25) is 0 Å². The molecule has 2 aromatic rings. The van der Waals surface area contributed by atoms with E-state index in [1.165, 1.54) is 18.7 Å². The number of halogens is 1. The highest BCUT2D eigenvalue weighted by atomic mass is 19.1. The van der Waals surface area contributed by atoms with E-state index in [4.69, 9.17) is 9.47 Å². The third-order valence-electron chi connectivity index (χ3n) is 4.43. The molecular weight excluding hydrogens is 293 g/mol. The van der Waals surface area contributed by atoms with Gasteiger partial charge in [-0.3, -0.25) is 0 Å². The predicted octanol–water partition coefficient (Wildman–Crippen LogP) is 3.61. The quantitative estimate of drug-likeness (QED) is 0.914. The molecule has 3 rings (SSSR count). The second-order valence-electron chi connectivity index (χ2n) is 5.85. The maximum absolute atomic E-state index is 14.0. The molecule has 0 bridgehead atoms. The summed E-state index contributed by atoms with van der Waals surface area (Å²) < 4.78 is 25.0. The molecule has 0 saturated carbocycles. The van der Waals surface area contributed by atoms with E-state index in [1.54, 1.807) is 12.1 Å². The van der Waals surface area contributed by atoms with E-state index in [2.05, 4.69) is 29.6 Å². The summed E-state index contributed by atoms with van der Waals surface area (Å²) in [6.07, 6.45) is 1.06. The second-order valence-corrected chi connectivity index (χ2v) is 5.85. The zero-order chi connectivity index (χ0) is 16.1. The highest BCUT2D eigenvalue weighted by Gasteiger charge is 2.27. The summed E-state index contributed by atoms with van der Waals surface area (Å²) >= 11 is 0. The fourth-order valence-corrected chi connectivity index (χ4v) is 3.22. The first-order chi connectivity index (χ1) is 11.3. The molecule has 1 saturated heterocycles. The standard InChI is InChI=1S/C19H22FNO2/c1-22-18-9-5-8-17(20)19(18)23-13-15-12-21-11-10-16(15)14-6-3-2-4-7-14/h2-9,15-16,21H,10-13H2,1H3/t15-,16-/m0/s1. The Hall–Kier alpha value is -2.07. The molecule has 0 aliphatic carbocycles. The average molecular weight is 315 g/mol. The van der Waals surface area contributed by atoms with Crippen molar-refractivity contribution in [3.05, 3.63) is 59.9 Å². The molecule has 0 spiro atoms. The first-order valence-corrected chi connectivity index (χ1v) is 8.00. The van der Waals surface area contributed by atoms with Crippen molar-refractivity contribution in [1.29, 1.82) is 0 Å². The number of piperidine rings is 1. The van der Waals surface area contributed by atoms with Gasteiger partial charge in [-0.1, -0.05) is 36.4 Å². The third-order valence-corrected chi connectivity index (χ3v) is 4.43. The Morgan fingerprint density at radius 1 is 1.13 bits per heavy atom. The van der Waals surface area contributed by atoms with Gasteiger partial charge in [0.2, 0.25) is 0 Å². The van der Waals surface area contributed by atoms with Crippen LogP contribution in [0.15, 0.2) is 48.5 Å². The van der Waals surface area contributed by atoms with Gasteiger partial charge >= 0.3 is 0 Å². The van der Waals surface area contributed by atoms with E-state index < -0.39 is 0 Å². The molecule has 1 heterocycles. The van der Waals surface area contributed by atoms with Gasteiger partial charge in [0, 0.05) is 12.5 Å². The van der Waals surface area contributed by atoms with Gasteiger partial charge in [-0.2, -0.15) is 0 Å². The smallest absolute Gasteiger partial charge is 0.197 e. The molecule has 0 aromatic heterocycles. The molecule has 122 valence electrons. The van der Waals surface area contributed by atoms with E-state index in [0.717, 1.165) is 19.5 Å². The molecule has 1 fully saturated rings. The number of methoxy groups -OCH3 is 1. The number of nitrogens with one attached hydrogen (secondary N) is 1. The first-order valence-electron chi connectivity index (χ1n) is 8.00. The van der Waals surface area contributed by atoms with Gasteiger partial charge in [0.05, 0.1) is 13.7 Å². The summed E-state index contributed by atoms with van der Waals surface area (Å²) in [6, 6.07) is 15.2. The van der Waals surface area contributed by atoms with Gasteiger partial charge in [-0.05, 0) is 36.6 Å². The fourth-order valence-electron chi connectivity index (χ4n) is 3.22. The monoisotopic (exact) mass is 315 g/mol. The van der Waals surface area contributed by atoms with Crippen molar-refractivity contribution in [2.45, 2.75) is 12.3 Å². The summed E-state index contributed by atoms with van der Waals surface area (Å²) in [5.41, 5.74) is 1.32. The average Bonchev–Trinajstić information content (AvgIpc) is 2.61. The van der Waals surface area contributed by atoms with Crippen LogP contribution in [0.3, 0.4) is 0 Å². The largest absolute Gasteiger partial charge is 0.493 e. The van der Waals surface area contributed by atoms with Crippen molar-refractivity contribution in [3.63, 3.8) is 0 Å². The Morgan fingerprint density at radius 3 is 2.74 bits per heavy atom. The van der Waals surface area contributed by atoms with Crippen LogP contribution >= 0.6 is 0 Å². The van der Waals surface area contributed by atoms with Gasteiger partial charge in [-0.15, -0.1) is 0 Å². The van der Waals surface area contributed by atoms with E-state index in [0.29, 0.717) is 24.2 Å². The van der Waals surface area contributed by atoms with Crippen molar-refractivity contribution in [3.8, 4) is 11.5 Å². The van der Waals surface area contributed by atoms with E-state index in [1.807, 2.05) is 6.07 Å². The number of rotatable bonds is 5. The topological polar surface area (TPSA) is 30.5 Å². The summed E-state index contributed by atoms with van der Waals surface area (Å²) in [5, 5.41) is 3.41. The van der Waals surface area contributed by atoms with E-state index >= 15 is 0 Å². The maximum atomic E-state index is 14.0.